The van der Waals surface area contributed by atoms with Gasteiger partial charge in [0.2, 0.25) is 5.95 Å². The van der Waals surface area contributed by atoms with Crippen molar-refractivity contribution in [2.45, 2.75) is 30.2 Å². The number of rotatable bonds is 7. The summed E-state index contributed by atoms with van der Waals surface area (Å²) in [6, 6.07) is 6.84. The summed E-state index contributed by atoms with van der Waals surface area (Å²) in [5.74, 6) is -0.0595. The Labute approximate surface area is 162 Å². The van der Waals surface area contributed by atoms with Crippen molar-refractivity contribution in [2.24, 2.45) is 0 Å². The second-order valence-corrected chi connectivity index (χ2v) is 9.05. The van der Waals surface area contributed by atoms with Gasteiger partial charge in [-0.25, -0.2) is 31.5 Å². The molecule has 0 spiro atoms. The van der Waals surface area contributed by atoms with Gasteiger partial charge in [-0.2, -0.15) is 5.10 Å². The van der Waals surface area contributed by atoms with Crippen molar-refractivity contribution in [2.75, 3.05) is 9.44 Å². The van der Waals surface area contributed by atoms with Gasteiger partial charge in [-0.05, 0) is 44.2 Å². The lowest BCUT2D eigenvalue weighted by atomic mass is 10.3. The zero-order chi connectivity index (χ0) is 20.4. The highest BCUT2D eigenvalue weighted by molar-refractivity contribution is 7.93. The number of benzene rings is 1. The summed E-state index contributed by atoms with van der Waals surface area (Å²) in [4.78, 5) is 7.62. The van der Waals surface area contributed by atoms with Gasteiger partial charge in [0.25, 0.3) is 20.0 Å². The number of hydrogen-bond donors (Lipinski definition) is 2. The molecule has 0 aliphatic heterocycles. The zero-order valence-corrected chi connectivity index (χ0v) is 16.7. The average Bonchev–Trinajstić information content (AvgIpc) is 3.04. The maximum atomic E-state index is 12.6. The van der Waals surface area contributed by atoms with Crippen LogP contribution in [-0.4, -0.2) is 36.6 Å². The molecule has 0 bridgehead atoms. The van der Waals surface area contributed by atoms with Crippen LogP contribution >= 0.6 is 0 Å². The van der Waals surface area contributed by atoms with Crippen LogP contribution in [0.15, 0.2) is 58.7 Å². The largest absolute Gasteiger partial charge is 0.280 e. The molecule has 0 amide bonds. The second-order valence-electron chi connectivity index (χ2n) is 5.72. The van der Waals surface area contributed by atoms with Gasteiger partial charge in [0.15, 0.2) is 0 Å². The van der Waals surface area contributed by atoms with E-state index in [1.165, 1.54) is 42.9 Å². The Morgan fingerprint density at radius 3 is 2.18 bits per heavy atom. The quantitative estimate of drug-likeness (QED) is 0.590. The molecule has 2 N–H and O–H groups in total. The van der Waals surface area contributed by atoms with Crippen molar-refractivity contribution in [3.05, 3.63) is 54.6 Å². The summed E-state index contributed by atoms with van der Waals surface area (Å²) in [6.45, 7) is 4.07. The van der Waals surface area contributed by atoms with E-state index in [0.717, 1.165) is 0 Å². The van der Waals surface area contributed by atoms with Crippen molar-refractivity contribution in [1.29, 1.82) is 0 Å². The summed E-state index contributed by atoms with van der Waals surface area (Å²) in [6.07, 6.45) is 4.10. The predicted molar refractivity (Wildman–Crippen MR) is 103 cm³/mol. The van der Waals surface area contributed by atoms with Crippen LogP contribution in [0.3, 0.4) is 0 Å². The average molecular weight is 422 g/mol. The van der Waals surface area contributed by atoms with Gasteiger partial charge >= 0.3 is 0 Å². The molecule has 0 fully saturated rings. The smallest absolute Gasteiger partial charge is 0.265 e. The Kier molecular flexibility index (Phi) is 5.34. The van der Waals surface area contributed by atoms with E-state index in [-0.39, 0.29) is 21.4 Å². The van der Waals surface area contributed by atoms with Gasteiger partial charge < -0.3 is 0 Å². The zero-order valence-electron chi connectivity index (χ0n) is 15.1. The van der Waals surface area contributed by atoms with Crippen LogP contribution in [0.25, 0.3) is 0 Å². The summed E-state index contributed by atoms with van der Waals surface area (Å²) < 4.78 is 56.1. The van der Waals surface area contributed by atoms with Gasteiger partial charge in [-0.3, -0.25) is 9.40 Å². The molecule has 0 aliphatic carbocycles. The number of anilines is 2. The minimum Gasteiger partial charge on any atom is -0.280 e. The van der Waals surface area contributed by atoms with E-state index >= 15 is 0 Å². The minimum atomic E-state index is -3.90. The first kappa shape index (κ1) is 19.8. The topological polar surface area (TPSA) is 136 Å². The Morgan fingerprint density at radius 2 is 1.61 bits per heavy atom. The highest BCUT2D eigenvalue weighted by Crippen LogP contribution is 2.21. The van der Waals surface area contributed by atoms with E-state index in [2.05, 4.69) is 24.5 Å². The fourth-order valence-electron chi connectivity index (χ4n) is 2.46. The van der Waals surface area contributed by atoms with Crippen LogP contribution in [0.1, 0.15) is 12.6 Å². The van der Waals surface area contributed by atoms with Crippen LogP contribution in [0, 0.1) is 6.92 Å². The molecule has 28 heavy (non-hydrogen) atoms. The van der Waals surface area contributed by atoms with Gasteiger partial charge in [0.1, 0.15) is 4.90 Å². The van der Waals surface area contributed by atoms with Crippen LogP contribution in [0.2, 0.25) is 0 Å². The summed E-state index contributed by atoms with van der Waals surface area (Å²) in [7, 11) is -7.75. The monoisotopic (exact) mass is 422 g/mol. The number of sulfonamides is 2. The molecule has 10 nitrogen and oxygen atoms in total. The summed E-state index contributed by atoms with van der Waals surface area (Å²) >= 11 is 0. The SMILES string of the molecule is CCn1ncc(S(=O)(=O)Nc2ccc(S(=O)(=O)Nc3ncccn3)cc2)c1C. The number of nitrogens with zero attached hydrogens (tertiary/aromatic N) is 4. The van der Waals surface area contributed by atoms with Crippen molar-refractivity contribution >= 4 is 31.7 Å². The molecular formula is C16H18N6O4S2. The minimum absolute atomic E-state index is 0.0575. The van der Waals surface area contributed by atoms with Gasteiger partial charge in [-0.1, -0.05) is 0 Å². The standard InChI is InChI=1S/C16H18N6O4S2/c1-3-22-12(2)15(11-19-22)28(25,26)20-13-5-7-14(8-6-13)27(23,24)21-16-17-9-4-10-18-16/h4-11,20H,3H2,1-2H3,(H,17,18,21). The highest BCUT2D eigenvalue weighted by atomic mass is 32.2. The van der Waals surface area contributed by atoms with E-state index < -0.39 is 20.0 Å². The van der Waals surface area contributed by atoms with E-state index in [1.807, 2.05) is 6.92 Å². The van der Waals surface area contributed by atoms with E-state index in [4.69, 9.17) is 0 Å². The van der Waals surface area contributed by atoms with Crippen LogP contribution in [-0.2, 0) is 26.6 Å². The molecule has 2 aromatic heterocycles. The van der Waals surface area contributed by atoms with Crippen molar-refractivity contribution in [3.8, 4) is 0 Å². The van der Waals surface area contributed by atoms with Crippen molar-refractivity contribution in [1.82, 2.24) is 19.7 Å². The lowest BCUT2D eigenvalue weighted by molar-refractivity contribution is 0.598. The van der Waals surface area contributed by atoms with Crippen molar-refractivity contribution in [3.63, 3.8) is 0 Å². The van der Waals surface area contributed by atoms with E-state index in [0.29, 0.717) is 12.2 Å². The Balaban J connectivity index is 1.79. The third-order valence-corrected chi connectivity index (χ3v) is 6.68. The highest BCUT2D eigenvalue weighted by Gasteiger charge is 2.21. The first-order valence-corrected chi connectivity index (χ1v) is 11.1. The van der Waals surface area contributed by atoms with Crippen LogP contribution in [0.4, 0.5) is 11.6 Å². The molecule has 2 heterocycles. The van der Waals surface area contributed by atoms with Gasteiger partial charge in [-0.15, -0.1) is 0 Å². The normalized spacial score (nSPS) is 11.9. The molecule has 0 saturated carbocycles. The van der Waals surface area contributed by atoms with E-state index in [9.17, 15) is 16.8 Å². The fraction of sp³-hybridized carbons (Fsp3) is 0.188. The summed E-state index contributed by atoms with van der Waals surface area (Å²) in [5.41, 5.74) is 0.736. The third-order valence-electron chi connectivity index (χ3n) is 3.86. The Hall–Kier alpha value is -2.99. The lowest BCUT2D eigenvalue weighted by Gasteiger charge is -2.10. The number of aromatic nitrogens is 4. The molecule has 148 valence electrons. The lowest BCUT2D eigenvalue weighted by Crippen LogP contribution is -2.16. The fourth-order valence-corrected chi connectivity index (χ4v) is 4.65. The molecule has 0 saturated heterocycles. The molecule has 3 aromatic rings. The first-order chi connectivity index (χ1) is 13.2. The molecule has 1 aromatic carbocycles. The first-order valence-electron chi connectivity index (χ1n) is 8.18. The molecular weight excluding hydrogens is 404 g/mol. The molecule has 0 unspecified atom stereocenters. The second kappa shape index (κ2) is 7.56. The van der Waals surface area contributed by atoms with Crippen molar-refractivity contribution < 1.29 is 16.8 Å². The van der Waals surface area contributed by atoms with Gasteiger partial charge in [0.05, 0.1) is 16.8 Å². The maximum Gasteiger partial charge on any atom is 0.265 e. The Bertz CT molecular complexity index is 1170. The number of aryl methyl sites for hydroxylation is 1. The van der Waals surface area contributed by atoms with Gasteiger partial charge in [0, 0.05) is 24.6 Å². The molecule has 0 atom stereocenters. The summed E-state index contributed by atoms with van der Waals surface area (Å²) in [5, 5.41) is 4.03. The number of hydrogen-bond acceptors (Lipinski definition) is 7. The predicted octanol–water partition coefficient (Wildman–Crippen LogP) is 1.60. The molecule has 12 heteroatoms. The molecule has 0 radical (unpaired) electrons. The Morgan fingerprint density at radius 1 is 0.964 bits per heavy atom. The van der Waals surface area contributed by atoms with Crippen LogP contribution < -0.4 is 9.44 Å². The number of nitrogens with one attached hydrogen (secondary N) is 2. The van der Waals surface area contributed by atoms with Crippen LogP contribution in [0.5, 0.6) is 0 Å². The molecule has 3 rings (SSSR count). The third kappa shape index (κ3) is 4.12. The maximum absolute atomic E-state index is 12.6. The van der Waals surface area contributed by atoms with E-state index in [1.54, 1.807) is 17.7 Å². The molecule has 0 aliphatic rings.